The Morgan fingerprint density at radius 1 is 0.735 bits per heavy atom. The molecule has 2 aromatic heterocycles. The number of hydrogen-bond donors (Lipinski definition) is 0. The molecule has 2 aliphatic carbocycles. The van der Waals surface area contributed by atoms with Gasteiger partial charge in [-0.15, -0.1) is 0 Å². The van der Waals surface area contributed by atoms with Crippen molar-refractivity contribution < 1.29 is 4.42 Å². The number of anilines is 1. The second-order valence-electron chi connectivity index (χ2n) is 13.4. The van der Waals surface area contributed by atoms with Crippen molar-refractivity contribution in [3.8, 4) is 17.8 Å². The van der Waals surface area contributed by atoms with Crippen molar-refractivity contribution in [2.45, 2.75) is 37.1 Å². The molecule has 0 bridgehead atoms. The van der Waals surface area contributed by atoms with E-state index in [0.717, 1.165) is 84.8 Å². The summed E-state index contributed by atoms with van der Waals surface area (Å²) in [6, 6.07) is 40.9. The van der Waals surface area contributed by atoms with Gasteiger partial charge in [-0.25, -0.2) is 0 Å². The fourth-order valence-electron chi connectivity index (χ4n) is 8.70. The Kier molecular flexibility index (Phi) is 6.01. The summed E-state index contributed by atoms with van der Waals surface area (Å²) >= 11 is 0. The zero-order chi connectivity index (χ0) is 32.6. The van der Waals surface area contributed by atoms with Gasteiger partial charge in [0, 0.05) is 39.4 Å². The summed E-state index contributed by atoms with van der Waals surface area (Å²) in [5.74, 6) is 0.218. The molecule has 0 amide bonds. The first kappa shape index (κ1) is 27.8. The molecule has 3 aliphatic rings. The van der Waals surface area contributed by atoms with Crippen LogP contribution in [0, 0.1) is 22.7 Å². The highest BCUT2D eigenvalue weighted by molar-refractivity contribution is 6.11. The fourth-order valence-corrected chi connectivity index (χ4v) is 8.70. The summed E-state index contributed by atoms with van der Waals surface area (Å²) in [5, 5.41) is 25.7. The van der Waals surface area contributed by atoms with Crippen LogP contribution in [0.1, 0.15) is 47.8 Å². The highest BCUT2D eigenvalue weighted by Crippen LogP contribution is 2.53. The summed E-state index contributed by atoms with van der Waals surface area (Å²) in [6.07, 6.45) is 11.6. The molecule has 0 saturated heterocycles. The number of aromatic nitrogens is 1. The molecule has 1 aliphatic heterocycles. The van der Waals surface area contributed by atoms with E-state index in [0.29, 0.717) is 12.0 Å². The second kappa shape index (κ2) is 10.6. The molecular weight excluding hydrogens is 601 g/mol. The van der Waals surface area contributed by atoms with Gasteiger partial charge in [0.1, 0.15) is 11.7 Å². The van der Waals surface area contributed by atoms with E-state index in [-0.39, 0.29) is 17.9 Å². The van der Waals surface area contributed by atoms with E-state index in [1.807, 2.05) is 30.3 Å². The van der Waals surface area contributed by atoms with Crippen LogP contribution in [0.5, 0.6) is 0 Å². The lowest BCUT2D eigenvalue weighted by Gasteiger charge is -2.34. The Morgan fingerprint density at radius 2 is 1.49 bits per heavy atom. The quantitative estimate of drug-likeness (QED) is 0.182. The number of furan rings is 1. The molecule has 3 atom stereocenters. The molecule has 5 heteroatoms. The van der Waals surface area contributed by atoms with Gasteiger partial charge in [0.25, 0.3) is 0 Å². The van der Waals surface area contributed by atoms with Crippen LogP contribution in [-0.4, -0.2) is 10.6 Å². The van der Waals surface area contributed by atoms with E-state index in [1.165, 1.54) is 5.56 Å². The highest BCUT2D eigenvalue weighted by atomic mass is 16.3. The molecule has 5 nitrogen and oxygen atoms in total. The standard InChI is InChI=1S/C44H30N4O/c45-25-29-23-27(17-21-37(29)47-39-13-5-1-9-31(39)32-10-2-6-14-40(32)47)28-18-22-38(30(24-28)26-46)48-41-15-7-3-11-33(41)35-19-20-36-34-12-4-8-16-42(34)49-44(36)43(35)48/h1-6,8-14,16-23,28,33,41H,7,15,24H2. The predicted molar refractivity (Wildman–Crippen MR) is 196 cm³/mol. The lowest BCUT2D eigenvalue weighted by atomic mass is 9.85. The van der Waals surface area contributed by atoms with Crippen molar-refractivity contribution in [3.63, 3.8) is 0 Å². The normalized spacial score (nSPS) is 19.9. The number of allylic oxidation sites excluding steroid dienone is 4. The maximum absolute atomic E-state index is 10.7. The average Bonchev–Trinajstić information content (AvgIpc) is 3.82. The zero-order valence-electron chi connectivity index (χ0n) is 26.7. The maximum atomic E-state index is 10.7. The lowest BCUT2D eigenvalue weighted by Crippen LogP contribution is -2.35. The van der Waals surface area contributed by atoms with E-state index in [9.17, 15) is 10.5 Å². The van der Waals surface area contributed by atoms with Crippen molar-refractivity contribution in [1.29, 1.82) is 10.5 Å². The molecule has 0 fully saturated rings. The maximum Gasteiger partial charge on any atom is 0.159 e. The van der Waals surface area contributed by atoms with Gasteiger partial charge >= 0.3 is 0 Å². The van der Waals surface area contributed by atoms with Gasteiger partial charge in [0.2, 0.25) is 0 Å². The van der Waals surface area contributed by atoms with Gasteiger partial charge < -0.3 is 13.9 Å². The van der Waals surface area contributed by atoms with Crippen molar-refractivity contribution >= 4 is 49.4 Å². The minimum Gasteiger partial charge on any atom is -0.454 e. The lowest BCUT2D eigenvalue weighted by molar-refractivity contribution is 0.552. The molecule has 232 valence electrons. The van der Waals surface area contributed by atoms with Gasteiger partial charge in [-0.1, -0.05) is 91.0 Å². The van der Waals surface area contributed by atoms with E-state index in [2.05, 4.69) is 119 Å². The fraction of sp³-hybridized carbons (Fsp3) is 0.136. The van der Waals surface area contributed by atoms with Crippen LogP contribution >= 0.6 is 0 Å². The Balaban J connectivity index is 1.06. The molecule has 3 unspecified atom stereocenters. The van der Waals surface area contributed by atoms with Crippen molar-refractivity contribution in [1.82, 2.24) is 4.57 Å². The number of fused-ring (bicyclic) bond motifs is 10. The molecule has 0 saturated carbocycles. The monoisotopic (exact) mass is 630 g/mol. The number of rotatable bonds is 3. The van der Waals surface area contributed by atoms with E-state index < -0.39 is 0 Å². The SMILES string of the molecule is N#CC1=C(N2c3c(ccc4c3oc3ccccc34)C3C=CCCC32)C=CC(c2ccc(-n3c4ccccc4c4ccccc43)c(C#N)c2)C1. The number of benzene rings is 5. The molecular formula is C44H30N4O. The molecule has 49 heavy (non-hydrogen) atoms. The summed E-state index contributed by atoms with van der Waals surface area (Å²) in [4.78, 5) is 2.41. The minimum atomic E-state index is -0.0242. The van der Waals surface area contributed by atoms with Crippen LogP contribution in [-0.2, 0) is 0 Å². The van der Waals surface area contributed by atoms with Gasteiger partial charge in [0.15, 0.2) is 5.58 Å². The number of nitriles is 2. The van der Waals surface area contributed by atoms with E-state index in [4.69, 9.17) is 4.42 Å². The summed E-state index contributed by atoms with van der Waals surface area (Å²) in [7, 11) is 0. The van der Waals surface area contributed by atoms with E-state index >= 15 is 0 Å². The number of nitrogens with zero attached hydrogens (tertiary/aromatic N) is 4. The largest absolute Gasteiger partial charge is 0.454 e. The second-order valence-corrected chi connectivity index (χ2v) is 13.4. The summed E-state index contributed by atoms with van der Waals surface area (Å²) in [6.45, 7) is 0. The van der Waals surface area contributed by atoms with Crippen molar-refractivity contribution in [2.75, 3.05) is 4.90 Å². The van der Waals surface area contributed by atoms with E-state index in [1.54, 1.807) is 0 Å². The topological polar surface area (TPSA) is 68.9 Å². The molecule has 3 heterocycles. The average molecular weight is 631 g/mol. The van der Waals surface area contributed by atoms with Gasteiger partial charge in [-0.2, -0.15) is 10.5 Å². The zero-order valence-corrected chi connectivity index (χ0v) is 26.7. The van der Waals surface area contributed by atoms with Gasteiger partial charge in [0.05, 0.1) is 45.3 Å². The first-order valence-corrected chi connectivity index (χ1v) is 17.0. The first-order valence-electron chi connectivity index (χ1n) is 17.0. The van der Waals surface area contributed by atoms with Crippen LogP contribution in [0.4, 0.5) is 5.69 Å². The van der Waals surface area contributed by atoms with Gasteiger partial charge in [-0.05, 0) is 66.8 Å². The molecule has 0 radical (unpaired) electrons. The molecule has 5 aromatic carbocycles. The van der Waals surface area contributed by atoms with Crippen LogP contribution in [0.3, 0.4) is 0 Å². The Bertz CT molecular complexity index is 2650. The third-order valence-corrected chi connectivity index (χ3v) is 10.9. The molecule has 0 spiro atoms. The molecule has 0 N–H and O–H groups in total. The Morgan fingerprint density at radius 3 is 2.27 bits per heavy atom. The highest BCUT2D eigenvalue weighted by Gasteiger charge is 2.42. The summed E-state index contributed by atoms with van der Waals surface area (Å²) < 4.78 is 8.77. The smallest absolute Gasteiger partial charge is 0.159 e. The number of para-hydroxylation sites is 3. The Labute approximate surface area is 283 Å². The Hall–Kier alpha value is -6.30. The van der Waals surface area contributed by atoms with Crippen LogP contribution < -0.4 is 4.90 Å². The van der Waals surface area contributed by atoms with Gasteiger partial charge in [-0.3, -0.25) is 0 Å². The van der Waals surface area contributed by atoms with Crippen LogP contribution in [0.2, 0.25) is 0 Å². The molecule has 7 aromatic rings. The van der Waals surface area contributed by atoms with Crippen LogP contribution in [0.15, 0.2) is 143 Å². The number of hydrogen-bond acceptors (Lipinski definition) is 4. The third kappa shape index (κ3) is 3.97. The van der Waals surface area contributed by atoms with Crippen molar-refractivity contribution in [2.24, 2.45) is 0 Å². The third-order valence-electron chi connectivity index (χ3n) is 10.9. The summed E-state index contributed by atoms with van der Waals surface area (Å²) in [5.41, 5.74) is 10.5. The first-order chi connectivity index (χ1) is 24.2. The molecule has 10 rings (SSSR count). The predicted octanol–water partition coefficient (Wildman–Crippen LogP) is 10.7. The van der Waals surface area contributed by atoms with Crippen molar-refractivity contribution in [3.05, 3.63) is 155 Å². The minimum absolute atomic E-state index is 0.0242. The van der Waals surface area contributed by atoms with Crippen LogP contribution in [0.25, 0.3) is 49.4 Å².